The molecule has 0 radical (unpaired) electrons. The number of amides is 2. The number of likely N-dealkylation sites (tertiary alicyclic amines) is 1. The summed E-state index contributed by atoms with van der Waals surface area (Å²) in [5, 5.41) is 8.78. The smallest absolute Gasteiger partial charge is 0.408 e. The van der Waals surface area contributed by atoms with Gasteiger partial charge in [-0.05, 0) is 70.6 Å². The molecular weight excluding hydrogens is 480 g/mol. The number of carbonyl (C=O) groups excluding carboxylic acids is 3. The van der Waals surface area contributed by atoms with Crippen LogP contribution in [0.25, 0.3) is 10.9 Å². The molecule has 0 unspecified atom stereocenters. The first kappa shape index (κ1) is 26.5. The van der Waals surface area contributed by atoms with Crippen LogP contribution in [0.5, 0.6) is 0 Å². The van der Waals surface area contributed by atoms with Crippen molar-refractivity contribution in [1.82, 2.24) is 20.0 Å². The highest BCUT2D eigenvalue weighted by atomic mass is 35.5. The topological polar surface area (TPSA) is 93.5 Å². The number of halogens is 1. The molecule has 4 rings (SSSR count). The third-order valence-electron chi connectivity index (χ3n) is 7.15. The number of aromatic nitrogens is 2. The van der Waals surface area contributed by atoms with Crippen molar-refractivity contribution in [3.8, 4) is 0 Å². The van der Waals surface area contributed by atoms with Crippen molar-refractivity contribution in [2.24, 2.45) is 5.92 Å². The minimum absolute atomic E-state index is 0.0541. The zero-order valence-electron chi connectivity index (χ0n) is 21.7. The average molecular weight is 517 g/mol. The fourth-order valence-corrected chi connectivity index (χ4v) is 5.70. The van der Waals surface area contributed by atoms with E-state index >= 15 is 0 Å². The SMILES string of the molecule is CC(=O)c1nn(C[C@@H]2CCCN2C(=O)[C@@H](NC(=O)OC(C)(C)C)C2CCCCC2)c2ccc(Cl)cc12. The first-order valence-corrected chi connectivity index (χ1v) is 13.4. The molecule has 1 aromatic carbocycles. The zero-order chi connectivity index (χ0) is 26.0. The second kappa shape index (κ2) is 10.8. The molecule has 196 valence electrons. The number of hydrogen-bond donors (Lipinski definition) is 1. The van der Waals surface area contributed by atoms with Crippen LogP contribution in [-0.2, 0) is 16.1 Å². The van der Waals surface area contributed by atoms with Gasteiger partial charge in [-0.25, -0.2) is 4.79 Å². The van der Waals surface area contributed by atoms with Gasteiger partial charge in [0.1, 0.15) is 17.3 Å². The normalized spacial score (nSPS) is 19.9. The van der Waals surface area contributed by atoms with Crippen molar-refractivity contribution in [2.75, 3.05) is 6.54 Å². The Hall–Kier alpha value is -2.61. The van der Waals surface area contributed by atoms with Crippen molar-refractivity contribution in [2.45, 2.75) is 96.9 Å². The van der Waals surface area contributed by atoms with E-state index in [2.05, 4.69) is 10.4 Å². The van der Waals surface area contributed by atoms with Crippen LogP contribution < -0.4 is 5.32 Å². The molecule has 0 bridgehead atoms. The minimum Gasteiger partial charge on any atom is -0.444 e. The molecule has 8 nitrogen and oxygen atoms in total. The van der Waals surface area contributed by atoms with Gasteiger partial charge < -0.3 is 15.0 Å². The molecule has 1 aromatic heterocycles. The van der Waals surface area contributed by atoms with Gasteiger partial charge in [0, 0.05) is 23.9 Å². The number of fused-ring (bicyclic) bond motifs is 1. The van der Waals surface area contributed by atoms with Gasteiger partial charge in [0.15, 0.2) is 5.78 Å². The van der Waals surface area contributed by atoms with Gasteiger partial charge in [-0.3, -0.25) is 14.3 Å². The van der Waals surface area contributed by atoms with E-state index < -0.39 is 17.7 Å². The lowest BCUT2D eigenvalue weighted by Gasteiger charge is -2.35. The number of nitrogens with zero attached hydrogens (tertiary/aromatic N) is 3. The Labute approximate surface area is 217 Å². The lowest BCUT2D eigenvalue weighted by Crippen LogP contribution is -2.55. The van der Waals surface area contributed by atoms with E-state index in [1.807, 2.05) is 36.4 Å². The van der Waals surface area contributed by atoms with Gasteiger partial charge in [0.05, 0.1) is 18.1 Å². The van der Waals surface area contributed by atoms with Crippen LogP contribution >= 0.6 is 11.6 Å². The lowest BCUT2D eigenvalue weighted by atomic mass is 9.83. The summed E-state index contributed by atoms with van der Waals surface area (Å²) in [7, 11) is 0. The summed E-state index contributed by atoms with van der Waals surface area (Å²) in [6.07, 6.45) is 6.26. The molecule has 2 atom stereocenters. The van der Waals surface area contributed by atoms with E-state index in [-0.39, 0.29) is 23.7 Å². The third-order valence-corrected chi connectivity index (χ3v) is 7.38. The van der Waals surface area contributed by atoms with Crippen molar-refractivity contribution < 1.29 is 19.1 Å². The maximum absolute atomic E-state index is 13.9. The molecule has 1 saturated heterocycles. The summed E-state index contributed by atoms with van der Waals surface area (Å²) in [5.41, 5.74) is 0.563. The largest absolute Gasteiger partial charge is 0.444 e. The summed E-state index contributed by atoms with van der Waals surface area (Å²) in [6.45, 7) is 8.05. The number of alkyl carbamates (subject to hydrolysis) is 1. The lowest BCUT2D eigenvalue weighted by molar-refractivity contribution is -0.136. The van der Waals surface area contributed by atoms with Crippen LogP contribution in [0, 0.1) is 5.92 Å². The quantitative estimate of drug-likeness (QED) is 0.522. The first-order chi connectivity index (χ1) is 17.0. The molecule has 1 N–H and O–H groups in total. The number of ether oxygens (including phenoxy) is 1. The number of ketones is 1. The molecule has 1 aliphatic heterocycles. The van der Waals surface area contributed by atoms with Crippen LogP contribution in [0.15, 0.2) is 18.2 Å². The summed E-state index contributed by atoms with van der Waals surface area (Å²) < 4.78 is 7.31. The number of nitrogens with one attached hydrogen (secondary N) is 1. The Bertz CT molecular complexity index is 1130. The summed E-state index contributed by atoms with van der Waals surface area (Å²) in [4.78, 5) is 40.7. The Morgan fingerprint density at radius 3 is 2.53 bits per heavy atom. The molecule has 1 saturated carbocycles. The fraction of sp³-hybridized carbons (Fsp3) is 0.630. The van der Waals surface area contributed by atoms with Crippen molar-refractivity contribution in [3.05, 3.63) is 28.9 Å². The predicted molar refractivity (Wildman–Crippen MR) is 139 cm³/mol. The van der Waals surface area contributed by atoms with Crippen LogP contribution in [-0.4, -0.2) is 56.7 Å². The van der Waals surface area contributed by atoms with Gasteiger partial charge >= 0.3 is 6.09 Å². The van der Waals surface area contributed by atoms with Gasteiger partial charge in [0.2, 0.25) is 5.91 Å². The summed E-state index contributed by atoms with van der Waals surface area (Å²) in [6, 6.07) is 4.73. The number of Topliss-reactive ketones (excluding diaryl/α,β-unsaturated/α-hetero) is 1. The van der Waals surface area contributed by atoms with Crippen molar-refractivity contribution >= 4 is 40.3 Å². The summed E-state index contributed by atoms with van der Waals surface area (Å²) >= 11 is 6.18. The molecule has 2 fully saturated rings. The highest BCUT2D eigenvalue weighted by molar-refractivity contribution is 6.31. The van der Waals surface area contributed by atoms with Gasteiger partial charge in [-0.2, -0.15) is 5.10 Å². The molecule has 1 aliphatic carbocycles. The predicted octanol–water partition coefficient (Wildman–Crippen LogP) is 5.36. The maximum atomic E-state index is 13.9. The van der Waals surface area contributed by atoms with E-state index in [1.54, 1.807) is 12.1 Å². The molecule has 2 aliphatic rings. The Kier molecular flexibility index (Phi) is 7.93. The average Bonchev–Trinajstić information content (AvgIpc) is 3.41. The maximum Gasteiger partial charge on any atom is 0.408 e. The second-order valence-electron chi connectivity index (χ2n) is 11.1. The van der Waals surface area contributed by atoms with Crippen molar-refractivity contribution in [1.29, 1.82) is 0 Å². The number of carbonyl (C=O) groups is 3. The fourth-order valence-electron chi connectivity index (χ4n) is 5.53. The second-order valence-corrected chi connectivity index (χ2v) is 11.5. The first-order valence-electron chi connectivity index (χ1n) is 13.0. The highest BCUT2D eigenvalue weighted by Gasteiger charge is 2.39. The van der Waals surface area contributed by atoms with Crippen molar-refractivity contribution in [3.63, 3.8) is 0 Å². The van der Waals surface area contributed by atoms with Gasteiger partial charge in [0.25, 0.3) is 0 Å². The van der Waals surface area contributed by atoms with Crippen LogP contribution in [0.3, 0.4) is 0 Å². The molecular formula is C27H37ClN4O4. The Morgan fingerprint density at radius 2 is 1.86 bits per heavy atom. The monoisotopic (exact) mass is 516 g/mol. The van der Waals surface area contributed by atoms with E-state index in [0.717, 1.165) is 55.8 Å². The minimum atomic E-state index is -0.640. The van der Waals surface area contributed by atoms with E-state index in [1.165, 1.54) is 6.92 Å². The van der Waals surface area contributed by atoms with E-state index in [4.69, 9.17) is 16.3 Å². The zero-order valence-corrected chi connectivity index (χ0v) is 22.4. The summed E-state index contributed by atoms with van der Waals surface area (Å²) in [5.74, 6) is -0.0853. The molecule has 2 heterocycles. The highest BCUT2D eigenvalue weighted by Crippen LogP contribution is 2.31. The molecule has 9 heteroatoms. The standard InChI is InChI=1S/C27H37ClN4O4/c1-17(33)23-21-15-19(28)12-13-22(21)32(30-23)16-20-11-8-14-31(20)25(34)24(18-9-6-5-7-10-18)29-26(35)36-27(2,3)4/h12-13,15,18,20,24H,5-11,14,16H2,1-4H3,(H,29,35)/t20-,24-/m0/s1. The third kappa shape index (κ3) is 6.02. The molecule has 2 amide bonds. The van der Waals surface area contributed by atoms with Gasteiger partial charge in [-0.15, -0.1) is 0 Å². The number of benzene rings is 1. The van der Waals surface area contributed by atoms with E-state index in [0.29, 0.717) is 23.8 Å². The van der Waals surface area contributed by atoms with Crippen LogP contribution in [0.1, 0.15) is 83.1 Å². The van der Waals surface area contributed by atoms with Crippen LogP contribution in [0.2, 0.25) is 5.02 Å². The molecule has 2 aromatic rings. The number of rotatable bonds is 6. The van der Waals surface area contributed by atoms with Crippen LogP contribution in [0.4, 0.5) is 4.79 Å². The van der Waals surface area contributed by atoms with E-state index in [9.17, 15) is 14.4 Å². The molecule has 36 heavy (non-hydrogen) atoms. The number of hydrogen-bond acceptors (Lipinski definition) is 5. The Morgan fingerprint density at radius 1 is 1.14 bits per heavy atom. The van der Waals surface area contributed by atoms with Gasteiger partial charge in [-0.1, -0.05) is 30.9 Å². The molecule has 0 spiro atoms. The Balaban J connectivity index is 1.57.